The van der Waals surface area contributed by atoms with Gasteiger partial charge >= 0.3 is 0 Å². The number of rotatable bonds is 3. The largest absolute Gasteiger partial charge is 0.470 e. The minimum absolute atomic E-state index is 0. The minimum atomic E-state index is 0. The average molecular weight is 300 g/mol. The Hall–Kier alpha value is -0.436. The summed E-state index contributed by atoms with van der Waals surface area (Å²) in [7, 11) is 0. The van der Waals surface area contributed by atoms with Crippen LogP contribution < -0.4 is 0 Å². The fourth-order valence-electron chi connectivity index (χ4n) is 1.07. The third kappa shape index (κ3) is 4.60. The van der Waals surface area contributed by atoms with Gasteiger partial charge in [-0.25, -0.2) is 11.8 Å². The van der Waals surface area contributed by atoms with Crippen LogP contribution >= 0.6 is 11.8 Å². The summed E-state index contributed by atoms with van der Waals surface area (Å²) in [6.07, 6.45) is 0. The molecule has 2 aromatic carbocycles. The zero-order valence-corrected chi connectivity index (χ0v) is 12.3. The summed E-state index contributed by atoms with van der Waals surface area (Å²) in [5.41, 5.74) is 3.73. The molecule has 2 rings (SSSR count). The zero-order chi connectivity index (χ0) is 10.3. The van der Waals surface area contributed by atoms with Crippen molar-refractivity contribution < 1.29 is 32.7 Å². The number of aliphatic imine (C=N–C) groups is 1. The van der Waals surface area contributed by atoms with Crippen molar-refractivity contribution in [3.63, 3.8) is 0 Å². The van der Waals surface area contributed by atoms with Gasteiger partial charge in [-0.15, -0.1) is 5.55 Å². The van der Waals surface area contributed by atoms with E-state index in [9.17, 15) is 0 Å². The Morgan fingerprint density at radius 1 is 1.00 bits per heavy atom. The van der Waals surface area contributed by atoms with E-state index in [1.807, 2.05) is 54.6 Å². The topological polar surface area (TPSA) is 12.4 Å². The Kier molecular flexibility index (Phi) is 6.62. The number of benzene rings is 2. The van der Waals surface area contributed by atoms with Crippen molar-refractivity contribution in [1.82, 2.24) is 0 Å². The molecule has 0 heterocycles. The second-order valence-corrected chi connectivity index (χ2v) is 3.72. The maximum absolute atomic E-state index is 4.16. The molecule has 1 nitrogen and oxygen atoms in total. The van der Waals surface area contributed by atoms with Crippen molar-refractivity contribution in [2.45, 2.75) is 4.90 Å². The van der Waals surface area contributed by atoms with E-state index in [0.29, 0.717) is 0 Å². The van der Waals surface area contributed by atoms with Crippen molar-refractivity contribution >= 4 is 23.0 Å². The fourth-order valence-corrected chi connectivity index (χ4v) is 1.61. The third-order valence-electron chi connectivity index (χ3n) is 1.77. The minimum Gasteiger partial charge on any atom is -0.470 e. The van der Waals surface area contributed by atoms with Crippen LogP contribution in [0, 0.1) is 6.07 Å². The van der Waals surface area contributed by atoms with Crippen LogP contribution in [-0.2, 0) is 32.7 Å². The van der Waals surface area contributed by atoms with E-state index in [2.05, 4.69) is 16.6 Å². The van der Waals surface area contributed by atoms with Gasteiger partial charge in [0, 0.05) is 32.7 Å². The first-order valence-corrected chi connectivity index (χ1v) is 5.41. The van der Waals surface area contributed by atoms with Crippen molar-refractivity contribution in [2.24, 2.45) is 4.99 Å². The van der Waals surface area contributed by atoms with Gasteiger partial charge in [-0.05, 0) is 17.0 Å². The van der Waals surface area contributed by atoms with E-state index in [1.165, 1.54) is 11.8 Å². The van der Waals surface area contributed by atoms with Crippen LogP contribution in [0.1, 0.15) is 0 Å². The predicted molar refractivity (Wildman–Crippen MR) is 64.7 cm³/mol. The van der Waals surface area contributed by atoms with Crippen molar-refractivity contribution in [1.29, 1.82) is 0 Å². The molecule has 0 aliphatic heterocycles. The molecule has 0 unspecified atom stereocenters. The van der Waals surface area contributed by atoms with Crippen LogP contribution in [0.15, 0.2) is 64.5 Å². The predicted octanol–water partition coefficient (Wildman–Crippen LogP) is 3.81. The van der Waals surface area contributed by atoms with Gasteiger partial charge in [-0.1, -0.05) is 18.2 Å². The summed E-state index contributed by atoms with van der Waals surface area (Å²) in [6, 6.07) is 20.7. The molecule has 0 spiro atoms. The maximum Gasteiger partial charge on any atom is 0 e. The second kappa shape index (κ2) is 7.78. The molecule has 0 bridgehead atoms. The summed E-state index contributed by atoms with van der Waals surface area (Å²) in [6.45, 7) is 0. The summed E-state index contributed by atoms with van der Waals surface area (Å²) >= 11 is 1.48. The molecular formula is C13H9NSY-2. The van der Waals surface area contributed by atoms with E-state index in [4.69, 9.17) is 0 Å². The number of hydrogen-bond donors (Lipinski definition) is 0. The first-order chi connectivity index (χ1) is 7.45. The van der Waals surface area contributed by atoms with E-state index < -0.39 is 0 Å². The Morgan fingerprint density at radius 3 is 2.44 bits per heavy atom. The number of nitrogens with zero attached hydrogens (tertiary/aromatic N) is 1. The van der Waals surface area contributed by atoms with Crippen LogP contribution in [-0.4, -0.2) is 5.55 Å². The molecule has 0 N–H and O–H groups in total. The molecule has 0 atom stereocenters. The summed E-state index contributed by atoms with van der Waals surface area (Å²) < 4.78 is 0. The number of hydrogen-bond acceptors (Lipinski definition) is 2. The molecule has 0 saturated heterocycles. The maximum atomic E-state index is 4.16. The zero-order valence-electron chi connectivity index (χ0n) is 8.63. The van der Waals surface area contributed by atoms with Crippen LogP contribution in [0.25, 0.3) is 0 Å². The SMILES string of the molecule is [C-](=Nc1[c-]cccc1)Sc1ccccc1.[Y]. The Bertz CT molecular complexity index is 428. The summed E-state index contributed by atoms with van der Waals surface area (Å²) in [4.78, 5) is 5.30. The molecule has 0 saturated carbocycles. The van der Waals surface area contributed by atoms with Gasteiger partial charge in [0.1, 0.15) is 0 Å². The normalized spacial score (nSPS) is 10.0. The first-order valence-electron chi connectivity index (χ1n) is 4.59. The van der Waals surface area contributed by atoms with Gasteiger partial charge in [0.05, 0.1) is 0 Å². The van der Waals surface area contributed by atoms with E-state index in [-0.39, 0.29) is 32.7 Å². The van der Waals surface area contributed by atoms with Gasteiger partial charge in [0.15, 0.2) is 0 Å². The molecule has 0 amide bonds. The van der Waals surface area contributed by atoms with Crippen LogP contribution in [0.3, 0.4) is 0 Å². The third-order valence-corrected chi connectivity index (χ3v) is 2.46. The molecular weight excluding hydrogens is 291 g/mol. The molecule has 0 aromatic heterocycles. The van der Waals surface area contributed by atoms with Gasteiger partial charge in [0.2, 0.25) is 0 Å². The summed E-state index contributed by atoms with van der Waals surface area (Å²) in [5.74, 6) is 0. The van der Waals surface area contributed by atoms with Gasteiger partial charge < -0.3 is 4.99 Å². The van der Waals surface area contributed by atoms with E-state index in [0.717, 1.165) is 10.6 Å². The Labute approximate surface area is 125 Å². The molecule has 0 aliphatic rings. The molecule has 2 aromatic rings. The standard InChI is InChI=1S/C13H9NS.Y/c1-3-7-12(8-4-1)14-11-15-13-9-5-2-6-10-13;/h1-7,9-10H;/q-2;. The van der Waals surface area contributed by atoms with Crippen LogP contribution in [0.5, 0.6) is 0 Å². The van der Waals surface area contributed by atoms with Gasteiger partial charge in [-0.3, -0.25) is 6.07 Å². The molecule has 1 radical (unpaired) electrons. The molecule has 0 aliphatic carbocycles. The first kappa shape index (κ1) is 13.6. The number of para-hydroxylation sites is 1. The Morgan fingerprint density at radius 2 is 1.75 bits per heavy atom. The summed E-state index contributed by atoms with van der Waals surface area (Å²) in [5, 5.41) is 0. The Balaban J connectivity index is 0.00000128. The number of thioether (sulfide) groups is 1. The van der Waals surface area contributed by atoms with Crippen LogP contribution in [0.2, 0.25) is 0 Å². The van der Waals surface area contributed by atoms with Crippen molar-refractivity contribution in [3.8, 4) is 0 Å². The fraction of sp³-hybridized carbons (Fsp3) is 0. The quantitative estimate of drug-likeness (QED) is 0.363. The van der Waals surface area contributed by atoms with Crippen molar-refractivity contribution in [2.75, 3.05) is 0 Å². The monoisotopic (exact) mass is 300 g/mol. The van der Waals surface area contributed by atoms with E-state index in [1.54, 1.807) is 0 Å². The average Bonchev–Trinajstić information content (AvgIpc) is 2.32. The van der Waals surface area contributed by atoms with Crippen molar-refractivity contribution in [3.05, 3.63) is 60.7 Å². The van der Waals surface area contributed by atoms with Crippen LogP contribution in [0.4, 0.5) is 5.69 Å². The van der Waals surface area contributed by atoms with Gasteiger partial charge in [-0.2, -0.15) is 30.0 Å². The van der Waals surface area contributed by atoms with E-state index >= 15 is 0 Å². The molecule has 0 fully saturated rings. The van der Waals surface area contributed by atoms with Gasteiger partial charge in [0.25, 0.3) is 0 Å². The molecule has 77 valence electrons. The molecule has 3 heteroatoms. The molecule has 16 heavy (non-hydrogen) atoms. The smallest absolute Gasteiger partial charge is 0 e. The second-order valence-electron chi connectivity index (χ2n) is 2.87.